The van der Waals surface area contributed by atoms with E-state index in [-0.39, 0.29) is 17.9 Å². The fourth-order valence-corrected chi connectivity index (χ4v) is 4.29. The van der Waals surface area contributed by atoms with Crippen molar-refractivity contribution in [2.24, 2.45) is 5.92 Å². The molecule has 1 N–H and O–H groups in total. The van der Waals surface area contributed by atoms with Gasteiger partial charge in [0.25, 0.3) is 0 Å². The van der Waals surface area contributed by atoms with Gasteiger partial charge >= 0.3 is 0 Å². The Kier molecular flexibility index (Phi) is 6.27. The van der Waals surface area contributed by atoms with Crippen LogP contribution in [-0.2, 0) is 4.79 Å². The van der Waals surface area contributed by atoms with Crippen LogP contribution < -0.4 is 15.1 Å². The zero-order chi connectivity index (χ0) is 20.1. The van der Waals surface area contributed by atoms with E-state index in [0.717, 1.165) is 56.2 Å². The molecule has 1 aromatic carbocycles. The SMILES string of the molecule is C[C@H](NC(=O)C1CCN(c2cnc(N3CCCCC3)nc2)CC1)c1ccccc1. The van der Waals surface area contributed by atoms with Crippen molar-refractivity contribution in [2.75, 3.05) is 36.0 Å². The number of aromatic nitrogens is 2. The summed E-state index contributed by atoms with van der Waals surface area (Å²) in [5.41, 5.74) is 2.20. The highest BCUT2D eigenvalue weighted by Crippen LogP contribution is 2.25. The van der Waals surface area contributed by atoms with E-state index in [2.05, 4.69) is 37.2 Å². The molecule has 0 saturated carbocycles. The van der Waals surface area contributed by atoms with Crippen molar-refractivity contribution in [3.05, 3.63) is 48.3 Å². The Labute approximate surface area is 173 Å². The summed E-state index contributed by atoms with van der Waals surface area (Å²) in [6.07, 6.45) is 9.36. The fraction of sp³-hybridized carbons (Fsp3) is 0.522. The topological polar surface area (TPSA) is 61.4 Å². The van der Waals surface area contributed by atoms with E-state index >= 15 is 0 Å². The van der Waals surface area contributed by atoms with Gasteiger partial charge in [0, 0.05) is 32.1 Å². The molecule has 0 unspecified atom stereocenters. The van der Waals surface area contributed by atoms with Crippen LogP contribution in [0.15, 0.2) is 42.7 Å². The molecule has 1 atom stereocenters. The molecule has 2 saturated heterocycles. The summed E-state index contributed by atoms with van der Waals surface area (Å²) in [5.74, 6) is 1.08. The number of hydrogen-bond donors (Lipinski definition) is 1. The van der Waals surface area contributed by atoms with Gasteiger partial charge in [-0.3, -0.25) is 4.79 Å². The van der Waals surface area contributed by atoms with Crippen molar-refractivity contribution < 1.29 is 4.79 Å². The highest BCUT2D eigenvalue weighted by molar-refractivity contribution is 5.79. The van der Waals surface area contributed by atoms with E-state index in [1.807, 2.05) is 37.5 Å². The normalized spacial score (nSPS) is 19.1. The Bertz CT molecular complexity index is 781. The van der Waals surface area contributed by atoms with Crippen LogP contribution in [0.4, 0.5) is 11.6 Å². The number of hydrogen-bond acceptors (Lipinski definition) is 5. The molecular weight excluding hydrogens is 362 g/mol. The van der Waals surface area contributed by atoms with Crippen LogP contribution in [-0.4, -0.2) is 42.1 Å². The summed E-state index contributed by atoms with van der Waals surface area (Å²) < 4.78 is 0. The van der Waals surface area contributed by atoms with Gasteiger partial charge in [0.15, 0.2) is 0 Å². The van der Waals surface area contributed by atoms with Gasteiger partial charge in [-0.2, -0.15) is 0 Å². The van der Waals surface area contributed by atoms with Crippen LogP contribution in [0.25, 0.3) is 0 Å². The number of rotatable bonds is 5. The molecule has 29 heavy (non-hydrogen) atoms. The summed E-state index contributed by atoms with van der Waals surface area (Å²) in [4.78, 5) is 26.5. The second-order valence-electron chi connectivity index (χ2n) is 8.19. The van der Waals surface area contributed by atoms with Gasteiger partial charge < -0.3 is 15.1 Å². The van der Waals surface area contributed by atoms with E-state index in [0.29, 0.717) is 0 Å². The standard InChI is InChI=1S/C23H31N5O/c1-18(19-8-4-2-5-9-19)26-22(29)20-10-14-27(15-11-20)21-16-24-23(25-17-21)28-12-6-3-7-13-28/h2,4-5,8-9,16-18,20H,3,6-7,10-15H2,1H3,(H,26,29)/t18-/m0/s1. The minimum Gasteiger partial charge on any atom is -0.369 e. The number of amides is 1. The van der Waals surface area contributed by atoms with Crippen LogP contribution >= 0.6 is 0 Å². The van der Waals surface area contributed by atoms with Crippen molar-refractivity contribution in [3.63, 3.8) is 0 Å². The van der Waals surface area contributed by atoms with Crippen LogP contribution in [0.3, 0.4) is 0 Å². The highest BCUT2D eigenvalue weighted by atomic mass is 16.1. The van der Waals surface area contributed by atoms with Gasteiger partial charge in [-0.05, 0) is 44.6 Å². The lowest BCUT2D eigenvalue weighted by molar-refractivity contribution is -0.126. The summed E-state index contributed by atoms with van der Waals surface area (Å²) in [6, 6.07) is 10.2. The third-order valence-corrected chi connectivity index (χ3v) is 6.15. The number of nitrogens with zero attached hydrogens (tertiary/aromatic N) is 4. The molecule has 2 aliphatic heterocycles. The summed E-state index contributed by atoms with van der Waals surface area (Å²) in [6.45, 7) is 5.89. The largest absolute Gasteiger partial charge is 0.369 e. The van der Waals surface area contributed by atoms with E-state index in [1.54, 1.807) is 0 Å². The Morgan fingerprint density at radius 3 is 2.28 bits per heavy atom. The molecule has 0 bridgehead atoms. The predicted molar refractivity (Wildman–Crippen MR) is 116 cm³/mol. The first-order valence-corrected chi connectivity index (χ1v) is 10.9. The second-order valence-corrected chi connectivity index (χ2v) is 8.19. The summed E-state index contributed by atoms with van der Waals surface area (Å²) >= 11 is 0. The number of benzene rings is 1. The molecule has 4 rings (SSSR count). The van der Waals surface area contributed by atoms with Crippen LogP contribution in [0, 0.1) is 5.92 Å². The maximum atomic E-state index is 12.7. The van der Waals surface area contributed by atoms with Gasteiger partial charge in [0.1, 0.15) is 0 Å². The van der Waals surface area contributed by atoms with E-state index < -0.39 is 0 Å². The average molecular weight is 394 g/mol. The van der Waals surface area contributed by atoms with E-state index in [1.165, 1.54) is 19.3 Å². The zero-order valence-corrected chi connectivity index (χ0v) is 17.3. The third kappa shape index (κ3) is 4.86. The molecule has 3 heterocycles. The Morgan fingerprint density at radius 1 is 0.966 bits per heavy atom. The van der Waals surface area contributed by atoms with E-state index in [4.69, 9.17) is 0 Å². The first-order valence-electron chi connectivity index (χ1n) is 10.9. The molecular formula is C23H31N5O. The average Bonchev–Trinajstić information content (AvgIpc) is 2.80. The molecule has 1 aromatic heterocycles. The molecule has 154 valence electrons. The molecule has 6 nitrogen and oxygen atoms in total. The number of anilines is 2. The van der Waals surface area contributed by atoms with Crippen molar-refractivity contribution in [3.8, 4) is 0 Å². The van der Waals surface area contributed by atoms with E-state index in [9.17, 15) is 4.79 Å². The molecule has 0 aliphatic carbocycles. The molecule has 2 aromatic rings. The van der Waals surface area contributed by atoms with Crippen LogP contribution in [0.2, 0.25) is 0 Å². The predicted octanol–water partition coefficient (Wildman–Crippen LogP) is 3.56. The third-order valence-electron chi connectivity index (χ3n) is 6.15. The smallest absolute Gasteiger partial charge is 0.225 e. The first-order chi connectivity index (χ1) is 14.2. The summed E-state index contributed by atoms with van der Waals surface area (Å²) in [5, 5.41) is 3.18. The molecule has 1 amide bonds. The molecule has 2 fully saturated rings. The van der Waals surface area contributed by atoms with Crippen molar-refractivity contribution in [2.45, 2.75) is 45.1 Å². The minimum absolute atomic E-state index is 0.0393. The maximum Gasteiger partial charge on any atom is 0.225 e. The molecule has 2 aliphatic rings. The Morgan fingerprint density at radius 2 is 1.62 bits per heavy atom. The van der Waals surface area contributed by atoms with Crippen LogP contribution in [0.5, 0.6) is 0 Å². The quantitative estimate of drug-likeness (QED) is 0.842. The lowest BCUT2D eigenvalue weighted by Gasteiger charge is -2.33. The monoisotopic (exact) mass is 393 g/mol. The molecule has 0 spiro atoms. The van der Waals surface area contributed by atoms with Gasteiger partial charge in [0.05, 0.1) is 24.1 Å². The lowest BCUT2D eigenvalue weighted by Crippen LogP contribution is -2.41. The van der Waals surface area contributed by atoms with Gasteiger partial charge in [-0.15, -0.1) is 0 Å². The number of piperidine rings is 2. The molecule has 0 radical (unpaired) electrons. The van der Waals surface area contributed by atoms with Gasteiger partial charge in [0.2, 0.25) is 11.9 Å². The van der Waals surface area contributed by atoms with Gasteiger partial charge in [-0.25, -0.2) is 9.97 Å². The van der Waals surface area contributed by atoms with Crippen molar-refractivity contribution in [1.29, 1.82) is 0 Å². The number of carbonyl (C=O) groups excluding carboxylic acids is 1. The van der Waals surface area contributed by atoms with Crippen molar-refractivity contribution >= 4 is 17.5 Å². The number of carbonyl (C=O) groups is 1. The van der Waals surface area contributed by atoms with Crippen LogP contribution in [0.1, 0.15) is 50.6 Å². The van der Waals surface area contributed by atoms with Crippen molar-refractivity contribution in [1.82, 2.24) is 15.3 Å². The zero-order valence-electron chi connectivity index (χ0n) is 17.3. The summed E-state index contributed by atoms with van der Waals surface area (Å²) in [7, 11) is 0. The Hall–Kier alpha value is -2.63. The van der Waals surface area contributed by atoms with Gasteiger partial charge in [-0.1, -0.05) is 30.3 Å². The highest BCUT2D eigenvalue weighted by Gasteiger charge is 2.26. The number of nitrogens with one attached hydrogen (secondary N) is 1. The first kappa shape index (κ1) is 19.7. The minimum atomic E-state index is 0.0393. The Balaban J connectivity index is 1.28. The fourth-order valence-electron chi connectivity index (χ4n) is 4.29. The maximum absolute atomic E-state index is 12.7. The molecule has 6 heteroatoms. The second kappa shape index (κ2) is 9.25. The lowest BCUT2D eigenvalue weighted by atomic mass is 9.95.